The topological polar surface area (TPSA) is 76.3 Å². The summed E-state index contributed by atoms with van der Waals surface area (Å²) >= 11 is 5.94. The highest BCUT2D eigenvalue weighted by atomic mass is 35.5. The van der Waals surface area contributed by atoms with Crippen LogP contribution in [0.4, 0.5) is 8.78 Å². The molecule has 6 nitrogen and oxygen atoms in total. The second-order valence-corrected chi connectivity index (χ2v) is 8.47. The molecule has 140 valence electrons. The van der Waals surface area contributed by atoms with E-state index < -0.39 is 26.6 Å². The van der Waals surface area contributed by atoms with Crippen LogP contribution in [0.3, 0.4) is 0 Å². The third-order valence-corrected chi connectivity index (χ3v) is 6.24. The lowest BCUT2D eigenvalue weighted by atomic mass is 10.0. The van der Waals surface area contributed by atoms with Crippen molar-refractivity contribution in [2.24, 2.45) is 0 Å². The summed E-state index contributed by atoms with van der Waals surface area (Å²) in [7, 11) is -3.99. The lowest BCUT2D eigenvalue weighted by Gasteiger charge is -2.35. The molecule has 1 saturated heterocycles. The van der Waals surface area contributed by atoms with Crippen LogP contribution in [0.1, 0.15) is 11.8 Å². The summed E-state index contributed by atoms with van der Waals surface area (Å²) in [5.74, 6) is -1.55. The van der Waals surface area contributed by atoms with Crippen LogP contribution in [0, 0.1) is 11.6 Å². The zero-order chi connectivity index (χ0) is 19.2. The molecule has 0 aliphatic carbocycles. The van der Waals surface area contributed by atoms with E-state index in [-0.39, 0.29) is 19.0 Å². The molecule has 0 bridgehead atoms. The Labute approximate surface area is 158 Å². The maximum atomic E-state index is 13.3. The van der Waals surface area contributed by atoms with Gasteiger partial charge < -0.3 is 4.52 Å². The van der Waals surface area contributed by atoms with Gasteiger partial charge in [0.25, 0.3) is 0 Å². The largest absolute Gasteiger partial charge is 0.339 e. The molecule has 1 fully saturated rings. The summed E-state index contributed by atoms with van der Waals surface area (Å²) in [6.45, 7) is 0.162. The molecular weight excluding hydrogens is 400 g/mol. The first-order chi connectivity index (χ1) is 12.8. The van der Waals surface area contributed by atoms with Crippen molar-refractivity contribution in [3.63, 3.8) is 0 Å². The van der Waals surface area contributed by atoms with Gasteiger partial charge in [-0.2, -0.15) is 9.29 Å². The van der Waals surface area contributed by atoms with E-state index >= 15 is 0 Å². The van der Waals surface area contributed by atoms with Gasteiger partial charge in [0.15, 0.2) is 0 Å². The molecule has 0 spiro atoms. The van der Waals surface area contributed by atoms with Gasteiger partial charge in [-0.1, -0.05) is 28.9 Å². The number of hydrogen-bond donors (Lipinski definition) is 0. The minimum absolute atomic E-state index is 0.0810. The Bertz CT molecular complexity index is 1090. The summed E-state index contributed by atoms with van der Waals surface area (Å²) < 4.78 is 57.9. The van der Waals surface area contributed by atoms with Crippen molar-refractivity contribution >= 4 is 21.6 Å². The van der Waals surface area contributed by atoms with Gasteiger partial charge in [-0.25, -0.2) is 17.2 Å². The van der Waals surface area contributed by atoms with E-state index in [0.717, 1.165) is 16.4 Å². The highest BCUT2D eigenvalue weighted by Gasteiger charge is 2.40. The summed E-state index contributed by atoms with van der Waals surface area (Å²) in [6.07, 6.45) is 0. The van der Waals surface area contributed by atoms with E-state index in [2.05, 4.69) is 10.1 Å². The molecule has 27 heavy (non-hydrogen) atoms. The first kappa shape index (κ1) is 18.0. The maximum absolute atomic E-state index is 13.3. The summed E-state index contributed by atoms with van der Waals surface area (Å²) in [6, 6.07) is 9.13. The smallest absolute Gasteiger partial charge is 0.243 e. The molecule has 2 heterocycles. The number of sulfonamides is 1. The van der Waals surface area contributed by atoms with Crippen LogP contribution in [-0.2, 0) is 10.0 Å². The monoisotopic (exact) mass is 411 g/mol. The summed E-state index contributed by atoms with van der Waals surface area (Å²) in [5, 5.41) is 4.42. The third-order valence-electron chi connectivity index (χ3n) is 4.20. The van der Waals surface area contributed by atoms with Crippen molar-refractivity contribution in [1.82, 2.24) is 14.4 Å². The molecule has 0 atom stereocenters. The quantitative estimate of drug-likeness (QED) is 0.657. The molecule has 0 unspecified atom stereocenters. The van der Waals surface area contributed by atoms with Crippen LogP contribution < -0.4 is 0 Å². The zero-order valence-electron chi connectivity index (χ0n) is 13.6. The van der Waals surface area contributed by atoms with Crippen LogP contribution >= 0.6 is 11.6 Å². The second kappa shape index (κ2) is 6.66. The Hall–Kier alpha value is -2.36. The molecular formula is C17H12ClF2N3O3S. The Morgan fingerprint density at radius 3 is 2.48 bits per heavy atom. The Morgan fingerprint density at radius 2 is 1.81 bits per heavy atom. The first-order valence-corrected chi connectivity index (χ1v) is 9.70. The van der Waals surface area contributed by atoms with Crippen LogP contribution in [0.25, 0.3) is 11.4 Å². The molecule has 0 amide bonds. The van der Waals surface area contributed by atoms with Crippen LogP contribution in [0.2, 0.25) is 5.02 Å². The predicted molar refractivity (Wildman–Crippen MR) is 92.6 cm³/mol. The highest BCUT2D eigenvalue weighted by molar-refractivity contribution is 7.89. The highest BCUT2D eigenvalue weighted by Crippen LogP contribution is 2.32. The Balaban J connectivity index is 1.49. The average Bonchev–Trinajstić information content (AvgIpc) is 3.02. The fraction of sp³-hybridized carbons (Fsp3) is 0.176. The molecule has 1 aliphatic heterocycles. The SMILES string of the molecule is O=S(=O)(c1cc(F)cc(F)c1)N1CC(c2nc(-c3cccc(Cl)c3)no2)C1. The van der Waals surface area contributed by atoms with Gasteiger partial charge in [-0.15, -0.1) is 0 Å². The Kier molecular flexibility index (Phi) is 4.45. The second-order valence-electron chi connectivity index (χ2n) is 6.09. The minimum atomic E-state index is -3.99. The van der Waals surface area contributed by atoms with Crippen molar-refractivity contribution < 1.29 is 21.7 Å². The number of hydrogen-bond acceptors (Lipinski definition) is 5. The summed E-state index contributed by atoms with van der Waals surface area (Å²) in [4.78, 5) is 3.86. The molecule has 2 aromatic carbocycles. The number of halogens is 3. The molecule has 0 saturated carbocycles. The summed E-state index contributed by atoms with van der Waals surface area (Å²) in [5.41, 5.74) is 0.677. The molecule has 10 heteroatoms. The first-order valence-electron chi connectivity index (χ1n) is 7.89. The molecule has 0 radical (unpaired) electrons. The van der Waals surface area contributed by atoms with Gasteiger partial charge in [-0.3, -0.25) is 0 Å². The van der Waals surface area contributed by atoms with E-state index in [9.17, 15) is 17.2 Å². The fourth-order valence-electron chi connectivity index (χ4n) is 2.76. The van der Waals surface area contributed by atoms with E-state index in [1.54, 1.807) is 24.3 Å². The van der Waals surface area contributed by atoms with E-state index in [0.29, 0.717) is 28.4 Å². The van der Waals surface area contributed by atoms with Gasteiger partial charge in [0, 0.05) is 29.7 Å². The lowest BCUT2D eigenvalue weighted by molar-refractivity contribution is 0.216. The predicted octanol–water partition coefficient (Wildman–Crippen LogP) is 3.46. The Morgan fingerprint density at radius 1 is 1.11 bits per heavy atom. The van der Waals surface area contributed by atoms with E-state index in [1.165, 1.54) is 0 Å². The van der Waals surface area contributed by atoms with Crippen LogP contribution in [0.5, 0.6) is 0 Å². The van der Waals surface area contributed by atoms with E-state index in [4.69, 9.17) is 16.1 Å². The van der Waals surface area contributed by atoms with Crippen LogP contribution in [-0.4, -0.2) is 36.0 Å². The van der Waals surface area contributed by atoms with Gasteiger partial charge in [0.2, 0.25) is 21.7 Å². The van der Waals surface area contributed by atoms with E-state index in [1.807, 2.05) is 0 Å². The van der Waals surface area contributed by atoms with Crippen molar-refractivity contribution in [2.45, 2.75) is 10.8 Å². The standard InChI is InChI=1S/C17H12ClF2N3O3S/c18-12-3-1-2-10(4-12)16-21-17(26-22-16)11-8-23(9-11)27(24,25)15-6-13(19)5-14(20)7-15/h1-7,11H,8-9H2. The number of nitrogens with zero attached hydrogens (tertiary/aromatic N) is 3. The van der Waals surface area contributed by atoms with Gasteiger partial charge in [-0.05, 0) is 24.3 Å². The third kappa shape index (κ3) is 3.45. The lowest BCUT2D eigenvalue weighted by Crippen LogP contribution is -2.48. The molecule has 3 aromatic rings. The molecule has 1 aromatic heterocycles. The van der Waals surface area contributed by atoms with Gasteiger partial charge >= 0.3 is 0 Å². The number of aromatic nitrogens is 2. The maximum Gasteiger partial charge on any atom is 0.243 e. The average molecular weight is 412 g/mol. The van der Waals surface area contributed by atoms with Gasteiger partial charge in [0.05, 0.1) is 10.8 Å². The number of benzene rings is 2. The van der Waals surface area contributed by atoms with Gasteiger partial charge in [0.1, 0.15) is 11.6 Å². The molecule has 4 rings (SSSR count). The minimum Gasteiger partial charge on any atom is -0.339 e. The van der Waals surface area contributed by atoms with Crippen molar-refractivity contribution in [3.8, 4) is 11.4 Å². The fourth-order valence-corrected chi connectivity index (χ4v) is 4.53. The molecule has 1 aliphatic rings. The number of rotatable bonds is 4. The van der Waals surface area contributed by atoms with Crippen molar-refractivity contribution in [2.75, 3.05) is 13.1 Å². The van der Waals surface area contributed by atoms with Crippen molar-refractivity contribution in [3.05, 3.63) is 65.0 Å². The normalized spacial score (nSPS) is 15.7. The van der Waals surface area contributed by atoms with Crippen LogP contribution in [0.15, 0.2) is 51.9 Å². The van der Waals surface area contributed by atoms with Crippen molar-refractivity contribution in [1.29, 1.82) is 0 Å². The zero-order valence-corrected chi connectivity index (χ0v) is 15.2. The molecule has 0 N–H and O–H groups in total.